The lowest BCUT2D eigenvalue weighted by atomic mass is 9.86. The Morgan fingerprint density at radius 2 is 1.27 bits per heavy atom. The van der Waals surface area contributed by atoms with E-state index < -0.39 is 11.0 Å². The van der Waals surface area contributed by atoms with Crippen molar-refractivity contribution in [3.63, 3.8) is 0 Å². The minimum atomic E-state index is -1.16. The van der Waals surface area contributed by atoms with Gasteiger partial charge in [-0.15, -0.1) is 0 Å². The predicted octanol–water partition coefficient (Wildman–Crippen LogP) is 8.90. The van der Waals surface area contributed by atoms with E-state index in [1.54, 1.807) is 5.30 Å². The fourth-order valence-corrected chi connectivity index (χ4v) is 11.0. The summed E-state index contributed by atoms with van der Waals surface area (Å²) in [7, 11) is -1.42. The highest BCUT2D eigenvalue weighted by molar-refractivity contribution is 7.84. The zero-order valence-electron chi connectivity index (χ0n) is 24.2. The second-order valence-electron chi connectivity index (χ2n) is 13.4. The van der Waals surface area contributed by atoms with Gasteiger partial charge in [0, 0.05) is 0 Å². The van der Waals surface area contributed by atoms with Crippen LogP contribution in [0.15, 0.2) is 48.5 Å². The molecule has 37 heavy (non-hydrogen) atoms. The summed E-state index contributed by atoms with van der Waals surface area (Å²) in [5.74, 6) is 0. The zero-order valence-corrected chi connectivity index (χ0v) is 25.9. The summed E-state index contributed by atoms with van der Waals surface area (Å²) in [5, 5.41) is 1.58. The van der Waals surface area contributed by atoms with Crippen LogP contribution in [0.2, 0.25) is 0 Å². The number of nitrogens with one attached hydrogen (secondary N) is 1. The van der Waals surface area contributed by atoms with Gasteiger partial charge in [0.1, 0.15) is 0 Å². The molecule has 204 valence electrons. The van der Waals surface area contributed by atoms with Gasteiger partial charge in [-0.2, -0.15) is 0 Å². The molecule has 2 saturated carbocycles. The summed E-state index contributed by atoms with van der Waals surface area (Å²) in [5.41, 5.74) is 5.72. The summed E-state index contributed by atoms with van der Waals surface area (Å²) >= 11 is 0. The van der Waals surface area contributed by atoms with Gasteiger partial charge in [0.25, 0.3) is 0 Å². The third-order valence-corrected chi connectivity index (χ3v) is 13.5. The normalized spacial score (nSPS) is 20.2. The van der Waals surface area contributed by atoms with Gasteiger partial charge in [-0.1, -0.05) is 116 Å². The van der Waals surface area contributed by atoms with Gasteiger partial charge < -0.3 is 0 Å². The maximum atomic E-state index is 13.5. The maximum Gasteiger partial charge on any atom is 0.0979 e. The summed E-state index contributed by atoms with van der Waals surface area (Å²) in [6.07, 6.45) is 13.9. The van der Waals surface area contributed by atoms with Crippen LogP contribution in [0.3, 0.4) is 0 Å². The third kappa shape index (κ3) is 7.34. The van der Waals surface area contributed by atoms with Crippen LogP contribution in [0, 0.1) is 0 Å². The SMILES string of the molecule is CC(C)(C)c1ccc([C@@H](NS(=O)C(C)(C)C)c2ccccc2P(C2CCCCC2)C2CCCCC2)cc1. The second kappa shape index (κ2) is 12.4. The van der Waals surface area contributed by atoms with Gasteiger partial charge >= 0.3 is 0 Å². The molecule has 0 spiro atoms. The van der Waals surface area contributed by atoms with Crippen LogP contribution >= 0.6 is 7.92 Å². The fraction of sp³-hybridized carbons (Fsp3) is 0.636. The minimum Gasteiger partial charge on any atom is -0.242 e. The van der Waals surface area contributed by atoms with Crippen molar-refractivity contribution in [1.82, 2.24) is 4.72 Å². The topological polar surface area (TPSA) is 29.1 Å². The Bertz CT molecular complexity index is 1010. The lowest BCUT2D eigenvalue weighted by molar-refractivity contribution is 0.487. The molecule has 0 amide bonds. The standard InChI is InChI=1S/C33H50NOPS/c1-32(2,3)26-23-21-25(22-24-26)31(34-37(35)33(4,5)6)29-19-13-14-20-30(29)36(27-15-9-7-10-16-27)28-17-11-8-12-18-28/h13-14,19-24,27-28,31,34H,7-12,15-18H2,1-6H3/t31-,37?/m1/s1. The molecule has 0 heterocycles. The Morgan fingerprint density at radius 3 is 1.76 bits per heavy atom. The van der Waals surface area contributed by atoms with Crippen LogP contribution in [0.5, 0.6) is 0 Å². The van der Waals surface area contributed by atoms with Gasteiger partial charge in [-0.05, 0) is 85.2 Å². The van der Waals surface area contributed by atoms with E-state index in [0.29, 0.717) is 0 Å². The average molecular weight is 540 g/mol. The monoisotopic (exact) mass is 539 g/mol. The Kier molecular flexibility index (Phi) is 9.74. The highest BCUT2D eigenvalue weighted by atomic mass is 32.2. The van der Waals surface area contributed by atoms with Gasteiger partial charge in [-0.25, -0.2) is 8.93 Å². The van der Waals surface area contributed by atoms with Gasteiger partial charge in [0.05, 0.1) is 21.8 Å². The highest BCUT2D eigenvalue weighted by Gasteiger charge is 2.35. The van der Waals surface area contributed by atoms with E-state index in [2.05, 4.69) is 94.8 Å². The Labute approximate surface area is 231 Å². The van der Waals surface area contributed by atoms with E-state index >= 15 is 0 Å². The van der Waals surface area contributed by atoms with E-state index in [-0.39, 0.29) is 24.1 Å². The summed E-state index contributed by atoms with van der Waals surface area (Å²) in [4.78, 5) is 0. The Hall–Kier alpha value is -1.02. The van der Waals surface area contributed by atoms with E-state index in [4.69, 9.17) is 0 Å². The lowest BCUT2D eigenvalue weighted by Gasteiger charge is -2.40. The van der Waals surface area contributed by atoms with E-state index in [1.807, 2.05) is 0 Å². The van der Waals surface area contributed by atoms with Crippen molar-refractivity contribution in [2.75, 3.05) is 0 Å². The molecule has 4 rings (SSSR count). The zero-order chi connectivity index (χ0) is 26.6. The quantitative estimate of drug-likeness (QED) is 0.350. The first-order valence-corrected chi connectivity index (χ1v) is 17.3. The molecule has 1 unspecified atom stereocenters. The predicted molar refractivity (Wildman–Crippen MR) is 165 cm³/mol. The van der Waals surface area contributed by atoms with Gasteiger partial charge in [0.2, 0.25) is 0 Å². The molecule has 0 aliphatic heterocycles. The van der Waals surface area contributed by atoms with Crippen molar-refractivity contribution in [3.8, 4) is 0 Å². The first-order valence-electron chi connectivity index (χ1n) is 14.7. The third-order valence-electron chi connectivity index (χ3n) is 8.35. The van der Waals surface area contributed by atoms with E-state index in [9.17, 15) is 4.21 Å². The largest absolute Gasteiger partial charge is 0.242 e. The maximum absolute atomic E-state index is 13.5. The highest BCUT2D eigenvalue weighted by Crippen LogP contribution is 2.56. The van der Waals surface area contributed by atoms with Crippen LogP contribution < -0.4 is 10.0 Å². The molecule has 2 nitrogen and oxygen atoms in total. The molecule has 0 saturated heterocycles. The van der Waals surface area contributed by atoms with Crippen LogP contribution in [0.25, 0.3) is 0 Å². The minimum absolute atomic E-state index is 0.0672. The molecule has 2 aromatic rings. The molecule has 2 aromatic carbocycles. The molecule has 4 heteroatoms. The Balaban J connectivity index is 1.80. The van der Waals surface area contributed by atoms with Crippen molar-refractivity contribution in [1.29, 1.82) is 0 Å². The average Bonchev–Trinajstić information content (AvgIpc) is 2.88. The van der Waals surface area contributed by atoms with Crippen LogP contribution in [-0.4, -0.2) is 20.3 Å². The molecule has 2 aliphatic carbocycles. The summed E-state index contributed by atoms with van der Waals surface area (Å²) < 4.78 is 16.8. The molecular weight excluding hydrogens is 489 g/mol. The van der Waals surface area contributed by atoms with Crippen molar-refractivity contribution in [2.45, 2.75) is 133 Å². The summed E-state index contributed by atoms with van der Waals surface area (Å²) in [6.45, 7) is 13.0. The van der Waals surface area contributed by atoms with Crippen LogP contribution in [0.4, 0.5) is 0 Å². The second-order valence-corrected chi connectivity index (χ2v) is 18.1. The van der Waals surface area contributed by atoms with Crippen molar-refractivity contribution in [2.24, 2.45) is 0 Å². The van der Waals surface area contributed by atoms with Crippen molar-refractivity contribution < 1.29 is 4.21 Å². The molecular formula is C33H50NOPS. The number of rotatable bonds is 7. The van der Waals surface area contributed by atoms with Crippen LogP contribution in [0.1, 0.15) is 128 Å². The van der Waals surface area contributed by atoms with Crippen LogP contribution in [-0.2, 0) is 16.4 Å². The molecule has 2 atom stereocenters. The molecule has 0 aromatic heterocycles. The van der Waals surface area contributed by atoms with Gasteiger partial charge in [-0.3, -0.25) is 0 Å². The number of benzene rings is 2. The molecule has 1 N–H and O–H groups in total. The van der Waals surface area contributed by atoms with E-state index in [1.165, 1.54) is 80.9 Å². The number of hydrogen-bond acceptors (Lipinski definition) is 1. The first kappa shape index (κ1) is 29.0. The molecule has 2 fully saturated rings. The molecule has 0 bridgehead atoms. The fourth-order valence-electron chi connectivity index (χ4n) is 6.15. The first-order chi connectivity index (χ1) is 17.6. The summed E-state index contributed by atoms with van der Waals surface area (Å²) in [6, 6.07) is 18.3. The smallest absolute Gasteiger partial charge is 0.0979 e. The number of hydrogen-bond donors (Lipinski definition) is 1. The van der Waals surface area contributed by atoms with Crippen molar-refractivity contribution >= 4 is 24.2 Å². The lowest BCUT2D eigenvalue weighted by Crippen LogP contribution is -2.38. The van der Waals surface area contributed by atoms with Gasteiger partial charge in [0.15, 0.2) is 0 Å². The van der Waals surface area contributed by atoms with E-state index in [0.717, 1.165) is 11.3 Å². The molecule has 0 radical (unpaired) electrons. The molecule has 2 aliphatic rings. The Morgan fingerprint density at radius 1 is 0.757 bits per heavy atom. The van der Waals surface area contributed by atoms with Crippen molar-refractivity contribution in [3.05, 3.63) is 65.2 Å².